The highest BCUT2D eigenvalue weighted by molar-refractivity contribution is 5.96. The molecule has 0 aromatic heterocycles. The number of rotatable bonds is 11. The van der Waals surface area contributed by atoms with Gasteiger partial charge < -0.3 is 47.4 Å². The molecule has 2 aliphatic heterocycles. The van der Waals surface area contributed by atoms with Crippen LogP contribution in [0, 0.1) is 0 Å². The van der Waals surface area contributed by atoms with Gasteiger partial charge in [-0.25, -0.2) is 0 Å². The first-order valence-corrected chi connectivity index (χ1v) is 15.5. The number of esters is 8. The number of amidine groups is 1. The quantitative estimate of drug-likeness (QED) is 0.177. The lowest BCUT2D eigenvalue weighted by Gasteiger charge is -2.43. The summed E-state index contributed by atoms with van der Waals surface area (Å²) in [7, 11) is 0. The van der Waals surface area contributed by atoms with Crippen LogP contribution in [0.1, 0.15) is 65.1 Å². The highest BCUT2D eigenvalue weighted by atomic mass is 16.7. The molecule has 0 aromatic carbocycles. The maximum atomic E-state index is 13.5. The molecule has 52 heavy (non-hydrogen) atoms. The highest BCUT2D eigenvalue weighted by Gasteiger charge is 2.74. The second kappa shape index (κ2) is 16.8. The monoisotopic (exact) mass is 746 g/mol. The Morgan fingerprint density at radius 2 is 1.15 bits per heavy atom. The molecule has 0 bridgehead atoms. The average Bonchev–Trinajstić information content (AvgIpc) is 3.46. The topological polar surface area (TPSA) is 262 Å². The number of aliphatic imine (C=N–C) groups is 1. The molecular formula is C31H40N2O19. The summed E-state index contributed by atoms with van der Waals surface area (Å²) in [6, 6.07) is -2.44. The average molecular weight is 747 g/mol. The van der Waals surface area contributed by atoms with Crippen molar-refractivity contribution >= 4 is 59.7 Å². The summed E-state index contributed by atoms with van der Waals surface area (Å²) < 4.78 is 71.5. The maximum absolute atomic E-state index is 13.5. The van der Waals surface area contributed by atoms with E-state index in [1.54, 1.807) is 0 Å². The molecule has 21 nitrogen and oxygen atoms in total. The Bertz CT molecular complexity index is 1600. The Morgan fingerprint density at radius 1 is 0.654 bits per heavy atom. The number of hydrogen-bond donors (Lipinski definition) is 0. The molecule has 0 spiro atoms. The molecule has 288 valence electrons. The van der Waals surface area contributed by atoms with Gasteiger partial charge in [-0.15, -0.1) is 0 Å². The van der Waals surface area contributed by atoms with Gasteiger partial charge in [0.15, 0.2) is 42.9 Å². The lowest BCUT2D eigenvalue weighted by Crippen LogP contribution is -2.63. The number of carbonyl (C=O) groups excluding carboxylic acids is 9. The van der Waals surface area contributed by atoms with Gasteiger partial charge in [0.25, 0.3) is 6.02 Å². The molecule has 1 amide bonds. The number of carbonyl (C=O) groups is 9. The number of amides is 1. The van der Waals surface area contributed by atoms with E-state index in [2.05, 4.69) is 4.99 Å². The van der Waals surface area contributed by atoms with E-state index < -0.39 is 133 Å². The van der Waals surface area contributed by atoms with Gasteiger partial charge in [-0.3, -0.25) is 48.1 Å². The summed E-state index contributed by atoms with van der Waals surface area (Å²) in [5.74, 6) is -9.16. The van der Waals surface area contributed by atoms with Gasteiger partial charge in [-0.1, -0.05) is 0 Å². The van der Waals surface area contributed by atoms with Gasteiger partial charge in [-0.2, -0.15) is 4.99 Å². The van der Waals surface area contributed by atoms with E-state index in [0.29, 0.717) is 0 Å². The zero-order valence-corrected chi connectivity index (χ0v) is 29.6. The van der Waals surface area contributed by atoms with E-state index in [1.165, 1.54) is 0 Å². The van der Waals surface area contributed by atoms with Gasteiger partial charge in [0.05, 0.1) is 2.74 Å². The zero-order chi connectivity index (χ0) is 41.0. The van der Waals surface area contributed by atoms with Gasteiger partial charge >= 0.3 is 47.8 Å². The van der Waals surface area contributed by atoms with Crippen molar-refractivity contribution in [1.82, 2.24) is 4.90 Å². The van der Waals surface area contributed by atoms with E-state index >= 15 is 0 Å². The van der Waals surface area contributed by atoms with Crippen molar-refractivity contribution in [3.05, 3.63) is 0 Å². The standard InChI is InChI=1S/C31H40N2O19/c1-12(34)33-27-24(25(47-17(6)39)28(49-19(8)41)31(27,52-20(9)42)11-44-14(3)36)51-30(33)32-29-26(48-18(7)40)23(46-16(5)38)22(45-15(4)37)21(50-29)10-43-13(2)35/h21-29H,10-11H2,1-9H3/b32-30-/t21-,22-,23+,24-,25-,26-,27-,28+,29+,31+/m1/s1/i10D2. The summed E-state index contributed by atoms with van der Waals surface area (Å²) in [6.45, 7) is 4.43. The van der Waals surface area contributed by atoms with Crippen molar-refractivity contribution in [2.24, 2.45) is 4.99 Å². The molecule has 2 heterocycles. The van der Waals surface area contributed by atoms with E-state index in [9.17, 15) is 43.2 Å². The molecule has 0 N–H and O–H groups in total. The summed E-state index contributed by atoms with van der Waals surface area (Å²) in [5.41, 5.74) is -2.37. The van der Waals surface area contributed by atoms with Crippen LogP contribution in [0.15, 0.2) is 4.99 Å². The molecule has 1 aliphatic carbocycles. The van der Waals surface area contributed by atoms with Crippen molar-refractivity contribution < 1.29 is 93.3 Å². The molecule has 2 saturated heterocycles. The Balaban J connectivity index is 2.36. The van der Waals surface area contributed by atoms with E-state index in [-0.39, 0.29) is 0 Å². The minimum atomic E-state index is -3.18. The fraction of sp³-hybridized carbons (Fsp3) is 0.677. The van der Waals surface area contributed by atoms with Crippen LogP contribution < -0.4 is 0 Å². The Hall–Kier alpha value is -5.34. The Morgan fingerprint density at radius 3 is 1.63 bits per heavy atom. The lowest BCUT2D eigenvalue weighted by molar-refractivity contribution is -0.251. The summed E-state index contributed by atoms with van der Waals surface area (Å²) in [5, 5.41) is 0. The normalized spacial score (nSPS) is 32.1. The largest absolute Gasteiger partial charge is 0.463 e. The number of hydrogen-bond acceptors (Lipinski definition) is 20. The second-order valence-corrected chi connectivity index (χ2v) is 11.6. The predicted molar refractivity (Wildman–Crippen MR) is 163 cm³/mol. The highest BCUT2D eigenvalue weighted by Crippen LogP contribution is 2.47. The first-order valence-electron chi connectivity index (χ1n) is 16.5. The molecule has 0 aromatic rings. The third-order valence-corrected chi connectivity index (χ3v) is 7.39. The first kappa shape index (κ1) is 37.9. The minimum Gasteiger partial charge on any atom is -0.463 e. The molecule has 0 unspecified atom stereocenters. The van der Waals surface area contributed by atoms with Gasteiger partial charge in [0.1, 0.15) is 25.3 Å². The second-order valence-electron chi connectivity index (χ2n) is 11.6. The maximum Gasteiger partial charge on any atom is 0.303 e. The van der Waals surface area contributed by atoms with Gasteiger partial charge in [0.2, 0.25) is 11.5 Å². The third-order valence-electron chi connectivity index (χ3n) is 7.39. The van der Waals surface area contributed by atoms with Crippen LogP contribution in [0.2, 0.25) is 0 Å². The zero-order valence-electron chi connectivity index (χ0n) is 31.6. The van der Waals surface area contributed by atoms with Gasteiger partial charge in [0, 0.05) is 62.3 Å². The SMILES string of the molecule is [2H]C([2H])(OC(C)=O)[C@H]1O[C@H](/N=C2\O[C@@H]3[C@@H](OC(C)=O)[C@H](OC(C)=O)[C@@](COC(C)=O)(OC(C)=O)[C@@H]3N2C(C)=O)[C@H](OC(C)=O)[C@@H](OC(C)=O)[C@@H]1OC(C)=O. The summed E-state index contributed by atoms with van der Waals surface area (Å²) in [4.78, 5) is 117. The molecule has 1 saturated carbocycles. The number of fused-ring (bicyclic) bond motifs is 1. The number of nitrogens with zero attached hydrogens (tertiary/aromatic N) is 2. The van der Waals surface area contributed by atoms with Crippen LogP contribution in [-0.2, 0) is 90.5 Å². The van der Waals surface area contributed by atoms with Crippen molar-refractivity contribution in [2.45, 2.75) is 123 Å². The molecular weight excluding hydrogens is 704 g/mol. The van der Waals surface area contributed by atoms with Crippen LogP contribution in [0.5, 0.6) is 0 Å². The van der Waals surface area contributed by atoms with Crippen LogP contribution in [0.4, 0.5) is 0 Å². The van der Waals surface area contributed by atoms with Crippen LogP contribution in [0.25, 0.3) is 0 Å². The molecule has 21 heteroatoms. The van der Waals surface area contributed by atoms with Crippen LogP contribution in [-0.4, -0.2) is 138 Å². The fourth-order valence-electron chi connectivity index (χ4n) is 6.00. The van der Waals surface area contributed by atoms with Crippen LogP contribution >= 0.6 is 0 Å². The molecule has 3 rings (SSSR count). The molecule has 0 radical (unpaired) electrons. The smallest absolute Gasteiger partial charge is 0.303 e. The van der Waals surface area contributed by atoms with Crippen molar-refractivity contribution in [2.75, 3.05) is 13.2 Å². The lowest BCUT2D eigenvalue weighted by atomic mass is 9.94. The van der Waals surface area contributed by atoms with E-state index in [1.807, 2.05) is 0 Å². The van der Waals surface area contributed by atoms with Crippen molar-refractivity contribution in [3.63, 3.8) is 0 Å². The third kappa shape index (κ3) is 9.50. The van der Waals surface area contributed by atoms with Crippen molar-refractivity contribution in [1.29, 1.82) is 0 Å². The minimum absolute atomic E-state index is 0.736. The molecule has 10 atom stereocenters. The summed E-state index contributed by atoms with van der Waals surface area (Å²) in [6.07, 6.45) is -15.2. The summed E-state index contributed by atoms with van der Waals surface area (Å²) >= 11 is 0. The first-order chi connectivity index (χ1) is 24.9. The molecule has 3 aliphatic rings. The van der Waals surface area contributed by atoms with E-state index in [4.69, 9.17) is 50.1 Å². The Labute approximate surface area is 299 Å². The molecule has 3 fully saturated rings. The predicted octanol–water partition coefficient (Wildman–Crippen LogP) is -1.22. The Kier molecular flexibility index (Phi) is 12.2. The fourth-order valence-corrected chi connectivity index (χ4v) is 6.00. The number of ether oxygens (including phenoxy) is 10. The van der Waals surface area contributed by atoms with E-state index in [0.717, 1.165) is 67.2 Å². The van der Waals surface area contributed by atoms with Crippen LogP contribution in [0.3, 0.4) is 0 Å². The van der Waals surface area contributed by atoms with Crippen molar-refractivity contribution in [3.8, 4) is 0 Å². The van der Waals surface area contributed by atoms with Gasteiger partial charge in [-0.05, 0) is 0 Å².